The Morgan fingerprint density at radius 2 is 2.12 bits per heavy atom. The van der Waals surface area contributed by atoms with E-state index in [0.717, 1.165) is 15.9 Å². The van der Waals surface area contributed by atoms with Crippen LogP contribution in [-0.2, 0) is 0 Å². The Morgan fingerprint density at radius 1 is 1.35 bits per heavy atom. The highest BCUT2D eigenvalue weighted by atomic mass is 79.9. The summed E-state index contributed by atoms with van der Waals surface area (Å²) in [6.07, 6.45) is 2.49. The molecular weight excluding hydrogens is 278 g/mol. The predicted octanol–water partition coefficient (Wildman–Crippen LogP) is 3.40. The molecule has 1 fully saturated rings. The Labute approximate surface area is 109 Å². The number of rotatable bonds is 2. The molecule has 0 bridgehead atoms. The van der Waals surface area contributed by atoms with Crippen LogP contribution in [0.15, 0.2) is 28.7 Å². The number of hydrogen-bond acceptors (Lipinski definition) is 2. The lowest BCUT2D eigenvalue weighted by Crippen LogP contribution is -2.02. The average Bonchev–Trinajstić information content (AvgIpc) is 3.07. The second kappa shape index (κ2) is 3.88. The minimum atomic E-state index is 0.634. The molecule has 3 nitrogen and oxygen atoms in total. The lowest BCUT2D eigenvalue weighted by Gasteiger charge is -2.06. The molecule has 1 saturated carbocycles. The second-order valence-corrected chi connectivity index (χ2v) is 5.47. The molecule has 2 N–H and O–H groups in total. The van der Waals surface area contributed by atoms with Gasteiger partial charge in [0.05, 0.1) is 11.4 Å². The fourth-order valence-corrected chi connectivity index (χ4v) is 2.21. The molecule has 1 aliphatic carbocycles. The van der Waals surface area contributed by atoms with E-state index in [9.17, 15) is 0 Å². The summed E-state index contributed by atoms with van der Waals surface area (Å²) in [5.41, 5.74) is 9.35. The fraction of sp³-hybridized carbons (Fsp3) is 0.308. The van der Waals surface area contributed by atoms with Crippen LogP contribution in [0.4, 0.5) is 5.82 Å². The van der Waals surface area contributed by atoms with Gasteiger partial charge in [0.2, 0.25) is 0 Å². The molecule has 17 heavy (non-hydrogen) atoms. The molecule has 4 heteroatoms. The smallest absolute Gasteiger partial charge is 0.127 e. The van der Waals surface area contributed by atoms with Gasteiger partial charge < -0.3 is 5.73 Å². The van der Waals surface area contributed by atoms with Crippen molar-refractivity contribution in [1.82, 2.24) is 9.78 Å². The number of aromatic nitrogens is 2. The molecule has 2 aromatic rings. The summed E-state index contributed by atoms with van der Waals surface area (Å²) in [4.78, 5) is 0. The first-order valence-corrected chi connectivity index (χ1v) is 6.56. The number of halogens is 1. The summed E-state index contributed by atoms with van der Waals surface area (Å²) in [6, 6.07) is 8.14. The van der Waals surface area contributed by atoms with Crippen LogP contribution < -0.4 is 5.73 Å². The monoisotopic (exact) mass is 291 g/mol. The minimum Gasteiger partial charge on any atom is -0.384 e. The maximum absolute atomic E-state index is 6.02. The molecule has 0 aliphatic heterocycles. The third-order valence-corrected chi connectivity index (χ3v) is 4.03. The highest BCUT2D eigenvalue weighted by Crippen LogP contribution is 2.40. The zero-order valence-corrected chi connectivity index (χ0v) is 11.2. The van der Waals surface area contributed by atoms with Gasteiger partial charge in [0.25, 0.3) is 0 Å². The topological polar surface area (TPSA) is 43.8 Å². The van der Waals surface area contributed by atoms with Crippen molar-refractivity contribution in [3.05, 3.63) is 40.0 Å². The van der Waals surface area contributed by atoms with Gasteiger partial charge in [0, 0.05) is 16.5 Å². The van der Waals surface area contributed by atoms with E-state index < -0.39 is 0 Å². The van der Waals surface area contributed by atoms with E-state index >= 15 is 0 Å². The highest BCUT2D eigenvalue weighted by Gasteiger charge is 2.27. The van der Waals surface area contributed by atoms with Gasteiger partial charge in [0.15, 0.2) is 0 Å². The SMILES string of the molecule is Cc1cc(-n2nc(C3CC3)cc2N)ccc1Br. The van der Waals surface area contributed by atoms with E-state index in [1.54, 1.807) is 0 Å². The molecule has 0 amide bonds. The standard InChI is InChI=1S/C13H14BrN3/c1-8-6-10(4-5-11(8)14)17-13(15)7-12(16-17)9-2-3-9/h4-7,9H,2-3,15H2,1H3. The zero-order chi connectivity index (χ0) is 12.0. The largest absolute Gasteiger partial charge is 0.384 e. The summed E-state index contributed by atoms with van der Waals surface area (Å²) >= 11 is 3.50. The van der Waals surface area contributed by atoms with E-state index in [4.69, 9.17) is 5.73 Å². The first kappa shape index (κ1) is 10.8. The number of hydrogen-bond donors (Lipinski definition) is 1. The Balaban J connectivity index is 2.04. The molecule has 1 aliphatic rings. The summed E-state index contributed by atoms with van der Waals surface area (Å²) in [6.45, 7) is 2.06. The molecule has 1 heterocycles. The predicted molar refractivity (Wildman–Crippen MR) is 72.4 cm³/mol. The molecule has 1 aromatic heterocycles. The molecule has 3 rings (SSSR count). The van der Waals surface area contributed by atoms with Gasteiger partial charge in [-0.05, 0) is 43.5 Å². The zero-order valence-electron chi connectivity index (χ0n) is 9.65. The normalized spacial score (nSPS) is 15.2. The van der Waals surface area contributed by atoms with Gasteiger partial charge in [0.1, 0.15) is 5.82 Å². The number of nitrogen functional groups attached to an aromatic ring is 1. The lowest BCUT2D eigenvalue weighted by atomic mass is 10.2. The molecule has 88 valence electrons. The van der Waals surface area contributed by atoms with Crippen LogP contribution in [0, 0.1) is 6.92 Å². The van der Waals surface area contributed by atoms with Crippen LogP contribution >= 0.6 is 15.9 Å². The minimum absolute atomic E-state index is 0.634. The van der Waals surface area contributed by atoms with E-state index in [1.807, 2.05) is 22.9 Å². The molecule has 0 atom stereocenters. The summed E-state index contributed by atoms with van der Waals surface area (Å²) in [5.74, 6) is 1.35. The number of benzene rings is 1. The first-order chi connectivity index (χ1) is 8.15. The van der Waals surface area contributed by atoms with E-state index in [1.165, 1.54) is 18.4 Å². The Bertz CT molecular complexity index is 570. The van der Waals surface area contributed by atoms with Crippen molar-refractivity contribution in [3.63, 3.8) is 0 Å². The van der Waals surface area contributed by atoms with Crippen molar-refractivity contribution in [1.29, 1.82) is 0 Å². The number of nitrogens with zero attached hydrogens (tertiary/aromatic N) is 2. The van der Waals surface area contributed by atoms with Crippen molar-refractivity contribution in [3.8, 4) is 5.69 Å². The van der Waals surface area contributed by atoms with Crippen molar-refractivity contribution in [2.24, 2.45) is 0 Å². The van der Waals surface area contributed by atoms with Gasteiger partial charge in [-0.25, -0.2) is 4.68 Å². The maximum atomic E-state index is 6.02. The quantitative estimate of drug-likeness (QED) is 0.922. The second-order valence-electron chi connectivity index (χ2n) is 4.61. The summed E-state index contributed by atoms with van der Waals surface area (Å²) < 4.78 is 2.93. The molecule has 0 radical (unpaired) electrons. The summed E-state index contributed by atoms with van der Waals surface area (Å²) in [5, 5.41) is 4.59. The Kier molecular flexibility index (Phi) is 2.47. The van der Waals surface area contributed by atoms with Crippen molar-refractivity contribution in [2.75, 3.05) is 5.73 Å². The number of anilines is 1. The van der Waals surface area contributed by atoms with Crippen LogP contribution in [0.3, 0.4) is 0 Å². The number of nitrogens with two attached hydrogens (primary N) is 1. The van der Waals surface area contributed by atoms with Gasteiger partial charge >= 0.3 is 0 Å². The van der Waals surface area contributed by atoms with Crippen molar-refractivity contribution >= 4 is 21.7 Å². The summed E-state index contributed by atoms with van der Waals surface area (Å²) in [7, 11) is 0. The Morgan fingerprint density at radius 3 is 2.76 bits per heavy atom. The maximum Gasteiger partial charge on any atom is 0.127 e. The molecule has 0 saturated heterocycles. The van der Waals surface area contributed by atoms with Crippen LogP contribution in [0.25, 0.3) is 5.69 Å². The third-order valence-electron chi connectivity index (χ3n) is 3.14. The van der Waals surface area contributed by atoms with E-state index in [0.29, 0.717) is 11.7 Å². The number of aryl methyl sites for hydroxylation is 1. The van der Waals surface area contributed by atoms with E-state index in [-0.39, 0.29) is 0 Å². The van der Waals surface area contributed by atoms with Gasteiger partial charge in [-0.3, -0.25) is 0 Å². The van der Waals surface area contributed by atoms with Crippen LogP contribution in [0.5, 0.6) is 0 Å². The van der Waals surface area contributed by atoms with E-state index in [2.05, 4.69) is 34.0 Å². The van der Waals surface area contributed by atoms with Crippen LogP contribution in [0.1, 0.15) is 30.0 Å². The highest BCUT2D eigenvalue weighted by molar-refractivity contribution is 9.10. The van der Waals surface area contributed by atoms with Crippen LogP contribution in [-0.4, -0.2) is 9.78 Å². The molecule has 0 unspecified atom stereocenters. The third kappa shape index (κ3) is 1.97. The van der Waals surface area contributed by atoms with Gasteiger partial charge in [-0.15, -0.1) is 0 Å². The van der Waals surface area contributed by atoms with Crippen molar-refractivity contribution < 1.29 is 0 Å². The fourth-order valence-electron chi connectivity index (χ4n) is 1.96. The average molecular weight is 292 g/mol. The van der Waals surface area contributed by atoms with Gasteiger partial charge in [-0.1, -0.05) is 15.9 Å². The molecular formula is C13H14BrN3. The Hall–Kier alpha value is -1.29. The molecule has 1 aromatic carbocycles. The molecule has 0 spiro atoms. The van der Waals surface area contributed by atoms with Crippen LogP contribution in [0.2, 0.25) is 0 Å². The van der Waals surface area contributed by atoms with Crippen molar-refractivity contribution in [2.45, 2.75) is 25.7 Å². The van der Waals surface area contributed by atoms with Gasteiger partial charge in [-0.2, -0.15) is 5.10 Å². The lowest BCUT2D eigenvalue weighted by molar-refractivity contribution is 0.843. The first-order valence-electron chi connectivity index (χ1n) is 5.77.